The minimum Gasteiger partial charge on any atom is -0.348 e. The van der Waals surface area contributed by atoms with Crippen molar-refractivity contribution in [3.05, 3.63) is 101 Å². The van der Waals surface area contributed by atoms with E-state index in [1.54, 1.807) is 4.57 Å². The molecule has 5 heteroatoms. The van der Waals surface area contributed by atoms with Crippen LogP contribution in [0, 0.1) is 0 Å². The Morgan fingerprint density at radius 3 is 2.24 bits per heavy atom. The first-order valence-electron chi connectivity index (χ1n) is 12.4. The number of fused-ring (bicyclic) bond motifs is 1. The number of amides is 1. The van der Waals surface area contributed by atoms with Gasteiger partial charge < -0.3 is 14.3 Å². The summed E-state index contributed by atoms with van der Waals surface area (Å²) < 4.78 is 3.53. The molecule has 0 bridgehead atoms. The number of carbonyl (C=O) groups is 1. The molecule has 2 heterocycles. The Balaban J connectivity index is 1.55. The van der Waals surface area contributed by atoms with Crippen molar-refractivity contribution in [1.82, 2.24) is 14.3 Å². The average molecular weight is 454 g/mol. The fraction of sp³-hybridized carbons (Fsp3) is 0.310. The summed E-state index contributed by atoms with van der Waals surface area (Å²) in [6, 6.07) is 24.1. The monoisotopic (exact) mass is 453 g/mol. The highest BCUT2D eigenvalue weighted by atomic mass is 16.2. The van der Waals surface area contributed by atoms with E-state index in [0.717, 1.165) is 42.5 Å². The molecule has 5 rings (SSSR count). The molecule has 2 aromatic heterocycles. The highest BCUT2D eigenvalue weighted by Gasteiger charge is 2.21. The summed E-state index contributed by atoms with van der Waals surface area (Å²) in [6.07, 6.45) is 9.26. The van der Waals surface area contributed by atoms with Crippen molar-refractivity contribution < 1.29 is 4.79 Å². The summed E-state index contributed by atoms with van der Waals surface area (Å²) in [5.74, 6) is -0.160. The Bertz CT molecular complexity index is 1310. The van der Waals surface area contributed by atoms with Crippen LogP contribution in [0.25, 0.3) is 16.8 Å². The normalized spacial score (nSPS) is 14.7. The first kappa shape index (κ1) is 22.2. The zero-order valence-electron chi connectivity index (χ0n) is 19.5. The summed E-state index contributed by atoms with van der Waals surface area (Å²) in [5.41, 5.74) is 3.94. The number of rotatable bonds is 6. The van der Waals surface area contributed by atoms with Crippen molar-refractivity contribution in [3.63, 3.8) is 0 Å². The quantitative estimate of drug-likeness (QED) is 0.394. The van der Waals surface area contributed by atoms with Crippen LogP contribution in [0.15, 0.2) is 83.8 Å². The van der Waals surface area contributed by atoms with Crippen LogP contribution in [0.2, 0.25) is 0 Å². The largest absolute Gasteiger partial charge is 0.348 e. The Kier molecular flexibility index (Phi) is 6.61. The molecule has 1 saturated carbocycles. The van der Waals surface area contributed by atoms with E-state index < -0.39 is 0 Å². The number of benzene rings is 2. The molecule has 174 valence electrons. The third kappa shape index (κ3) is 4.69. The van der Waals surface area contributed by atoms with Gasteiger partial charge in [-0.15, -0.1) is 0 Å². The second-order valence-electron chi connectivity index (χ2n) is 9.21. The van der Waals surface area contributed by atoms with E-state index in [9.17, 15) is 9.59 Å². The van der Waals surface area contributed by atoms with Crippen molar-refractivity contribution in [1.29, 1.82) is 0 Å². The fourth-order valence-electron chi connectivity index (χ4n) is 5.02. The van der Waals surface area contributed by atoms with Gasteiger partial charge in [0.15, 0.2) is 0 Å². The molecule has 5 nitrogen and oxygen atoms in total. The standard InChI is InChI=1S/C29H31N3O2/c33-28(30-24-15-9-1-2-10-16-24)27-21-32-25(23-13-7-4-8-14-23)17-18-26(32)29(34)31(27)20-19-22-11-5-3-6-12-22/h3-8,11-14,17-18,21,24H,1-2,9-10,15-16,19-20H2,(H,30,33). The number of nitrogens with one attached hydrogen (secondary N) is 1. The van der Waals surface area contributed by atoms with E-state index >= 15 is 0 Å². The van der Waals surface area contributed by atoms with E-state index in [0.29, 0.717) is 24.2 Å². The van der Waals surface area contributed by atoms with Gasteiger partial charge in [-0.05, 0) is 42.5 Å². The zero-order chi connectivity index (χ0) is 23.3. The summed E-state index contributed by atoms with van der Waals surface area (Å²) in [7, 11) is 0. The molecule has 1 aliphatic carbocycles. The van der Waals surface area contributed by atoms with Crippen molar-refractivity contribution in [2.45, 2.75) is 57.5 Å². The maximum Gasteiger partial charge on any atom is 0.275 e. The lowest BCUT2D eigenvalue weighted by Crippen LogP contribution is -2.39. The Hall–Kier alpha value is -3.60. The second kappa shape index (κ2) is 10.1. The van der Waals surface area contributed by atoms with Gasteiger partial charge in [-0.25, -0.2) is 0 Å². The van der Waals surface area contributed by atoms with Crippen LogP contribution in [0.5, 0.6) is 0 Å². The molecule has 34 heavy (non-hydrogen) atoms. The summed E-state index contributed by atoms with van der Waals surface area (Å²) in [5, 5.41) is 3.25. The van der Waals surface area contributed by atoms with E-state index in [1.807, 2.05) is 71.3 Å². The number of hydrogen-bond donors (Lipinski definition) is 1. The predicted octanol–water partition coefficient (Wildman–Crippen LogP) is 5.46. The van der Waals surface area contributed by atoms with Gasteiger partial charge in [-0.3, -0.25) is 9.59 Å². The van der Waals surface area contributed by atoms with Crippen LogP contribution in [0.4, 0.5) is 0 Å². The van der Waals surface area contributed by atoms with Gasteiger partial charge in [0, 0.05) is 18.8 Å². The summed E-state index contributed by atoms with van der Waals surface area (Å²) in [4.78, 5) is 27.2. The van der Waals surface area contributed by atoms with Crippen molar-refractivity contribution >= 4 is 11.4 Å². The Morgan fingerprint density at radius 1 is 0.853 bits per heavy atom. The van der Waals surface area contributed by atoms with Crippen LogP contribution in [0.1, 0.15) is 54.6 Å². The third-order valence-electron chi connectivity index (χ3n) is 6.88. The minimum absolute atomic E-state index is 0.133. The molecule has 0 radical (unpaired) electrons. The van der Waals surface area contributed by atoms with Crippen molar-refractivity contribution in [2.24, 2.45) is 0 Å². The van der Waals surface area contributed by atoms with E-state index in [-0.39, 0.29) is 17.5 Å². The molecule has 0 atom stereocenters. The van der Waals surface area contributed by atoms with E-state index in [2.05, 4.69) is 17.4 Å². The average Bonchev–Trinajstić information content (AvgIpc) is 3.14. The number of nitrogens with zero attached hydrogens (tertiary/aromatic N) is 2. The van der Waals surface area contributed by atoms with Crippen molar-refractivity contribution in [3.8, 4) is 11.3 Å². The summed E-state index contributed by atoms with van der Waals surface area (Å²) >= 11 is 0. The molecule has 1 N–H and O–H groups in total. The highest BCUT2D eigenvalue weighted by molar-refractivity contribution is 5.93. The lowest BCUT2D eigenvalue weighted by Gasteiger charge is -2.19. The van der Waals surface area contributed by atoms with Crippen molar-refractivity contribution in [2.75, 3.05) is 0 Å². The van der Waals surface area contributed by atoms with Gasteiger partial charge in [0.25, 0.3) is 11.5 Å². The maximum atomic E-state index is 13.6. The van der Waals surface area contributed by atoms with Gasteiger partial charge in [0.1, 0.15) is 11.2 Å². The zero-order valence-corrected chi connectivity index (χ0v) is 19.5. The van der Waals surface area contributed by atoms with E-state index in [1.165, 1.54) is 12.8 Å². The van der Waals surface area contributed by atoms with Crippen LogP contribution in [0.3, 0.4) is 0 Å². The highest BCUT2D eigenvalue weighted by Crippen LogP contribution is 2.22. The molecular formula is C29H31N3O2. The lowest BCUT2D eigenvalue weighted by molar-refractivity contribution is 0.0922. The first-order chi connectivity index (χ1) is 16.7. The third-order valence-corrected chi connectivity index (χ3v) is 6.88. The van der Waals surface area contributed by atoms with Crippen LogP contribution in [-0.4, -0.2) is 20.9 Å². The maximum absolute atomic E-state index is 13.6. The number of hydrogen-bond acceptors (Lipinski definition) is 2. The predicted molar refractivity (Wildman–Crippen MR) is 136 cm³/mol. The van der Waals surface area contributed by atoms with Gasteiger partial charge in [0.2, 0.25) is 0 Å². The molecule has 0 saturated heterocycles. The van der Waals surface area contributed by atoms with E-state index in [4.69, 9.17) is 0 Å². The van der Waals surface area contributed by atoms with Crippen LogP contribution >= 0.6 is 0 Å². The van der Waals surface area contributed by atoms with Gasteiger partial charge in [-0.1, -0.05) is 86.3 Å². The molecular weight excluding hydrogens is 422 g/mol. The molecule has 0 unspecified atom stereocenters. The lowest BCUT2D eigenvalue weighted by atomic mass is 10.1. The molecule has 2 aromatic carbocycles. The van der Waals surface area contributed by atoms with Crippen LogP contribution < -0.4 is 10.9 Å². The molecule has 1 amide bonds. The Labute approximate surface area is 200 Å². The minimum atomic E-state index is -0.160. The number of aryl methyl sites for hydroxylation is 1. The number of aromatic nitrogens is 2. The fourth-order valence-corrected chi connectivity index (χ4v) is 5.02. The molecule has 0 aliphatic heterocycles. The molecule has 1 aliphatic rings. The molecule has 1 fully saturated rings. The SMILES string of the molecule is O=C(NC1CCCCCC1)c1cn2c(-c3ccccc3)ccc2c(=O)n1CCc1ccccc1. The smallest absolute Gasteiger partial charge is 0.275 e. The first-order valence-corrected chi connectivity index (χ1v) is 12.4. The van der Waals surface area contributed by atoms with Gasteiger partial charge in [0.05, 0.1) is 5.69 Å². The summed E-state index contributed by atoms with van der Waals surface area (Å²) in [6.45, 7) is 0.457. The topological polar surface area (TPSA) is 55.5 Å². The van der Waals surface area contributed by atoms with Gasteiger partial charge in [-0.2, -0.15) is 0 Å². The second-order valence-corrected chi connectivity index (χ2v) is 9.21. The molecule has 0 spiro atoms. The van der Waals surface area contributed by atoms with Gasteiger partial charge >= 0.3 is 0 Å². The Morgan fingerprint density at radius 2 is 1.53 bits per heavy atom. The number of carbonyl (C=O) groups excluding carboxylic acids is 1. The van der Waals surface area contributed by atoms with Crippen LogP contribution in [-0.2, 0) is 13.0 Å². The molecule has 4 aromatic rings.